The molecule has 0 aliphatic rings. The first-order valence-corrected chi connectivity index (χ1v) is 19.6. The quantitative estimate of drug-likeness (QED) is 0.0927. The number of aliphatic carboxylic acids is 1. The Hall–Kier alpha value is -5.37. The van der Waals surface area contributed by atoms with Gasteiger partial charge in [-0.3, -0.25) is 14.1 Å². The van der Waals surface area contributed by atoms with Crippen LogP contribution in [0.2, 0.25) is 10.0 Å². The van der Waals surface area contributed by atoms with Gasteiger partial charge in [-0.2, -0.15) is 26.3 Å². The normalized spacial score (nSPS) is 12.8. The molecule has 300 valence electrons. The van der Waals surface area contributed by atoms with Crippen LogP contribution in [0.1, 0.15) is 16.7 Å². The molecule has 5 aromatic rings. The van der Waals surface area contributed by atoms with Gasteiger partial charge in [-0.25, -0.2) is 25.9 Å². The maximum Gasteiger partial charge on any atom is 0.416 e. The fourth-order valence-electron chi connectivity index (χ4n) is 5.43. The van der Waals surface area contributed by atoms with Gasteiger partial charge in [-0.05, 0) is 78.4 Å². The standard InChI is InChI=1S/C36H26Cl2F6N4O7S2/c37-28-13-11-24(35(39,40)41)19-30(28)47(56(52,53)26-7-3-1-4-8-26)22-32(49)46(21-23-15-17-45-18-16-23)33(34(50)51)48(57(54,55)27-9-5-2-6-10-27)31-20-25(36(42,43)44)12-14-29(31)38/h1-20,33H,21-22H2,(H,50,51). The lowest BCUT2D eigenvalue weighted by molar-refractivity contribution is -0.149. The van der Waals surface area contributed by atoms with Gasteiger partial charge in [0.2, 0.25) is 12.1 Å². The Labute approximate surface area is 331 Å². The van der Waals surface area contributed by atoms with Crippen molar-refractivity contribution in [2.75, 3.05) is 15.2 Å². The average Bonchev–Trinajstić information content (AvgIpc) is 3.16. The second kappa shape index (κ2) is 16.6. The second-order valence-electron chi connectivity index (χ2n) is 11.9. The van der Waals surface area contributed by atoms with E-state index in [-0.39, 0.29) is 20.2 Å². The third-order valence-electron chi connectivity index (χ3n) is 8.12. The molecule has 21 heteroatoms. The molecule has 1 amide bonds. The van der Waals surface area contributed by atoms with E-state index in [1.54, 1.807) is 0 Å². The molecule has 1 heterocycles. The van der Waals surface area contributed by atoms with Gasteiger partial charge in [0, 0.05) is 18.9 Å². The summed E-state index contributed by atoms with van der Waals surface area (Å²) in [6, 6.07) is 17.4. The van der Waals surface area contributed by atoms with Crippen LogP contribution in [-0.4, -0.2) is 56.4 Å². The van der Waals surface area contributed by atoms with E-state index in [0.29, 0.717) is 29.2 Å². The number of hydrogen-bond acceptors (Lipinski definition) is 7. The topological polar surface area (TPSA) is 145 Å². The van der Waals surface area contributed by atoms with E-state index in [2.05, 4.69) is 4.98 Å². The number of amides is 1. The van der Waals surface area contributed by atoms with Crippen LogP contribution in [-0.2, 0) is 48.5 Å². The van der Waals surface area contributed by atoms with Crippen molar-refractivity contribution in [1.82, 2.24) is 9.88 Å². The Kier molecular flexibility index (Phi) is 12.5. The summed E-state index contributed by atoms with van der Waals surface area (Å²) in [4.78, 5) is 31.1. The van der Waals surface area contributed by atoms with E-state index in [0.717, 1.165) is 30.3 Å². The van der Waals surface area contributed by atoms with Gasteiger partial charge in [0.1, 0.15) is 6.54 Å². The monoisotopic (exact) mass is 874 g/mol. The van der Waals surface area contributed by atoms with Crippen LogP contribution >= 0.6 is 23.2 Å². The molecule has 0 bridgehead atoms. The maximum atomic E-state index is 14.7. The molecule has 0 aliphatic heterocycles. The molecular weight excluding hydrogens is 849 g/mol. The molecule has 0 saturated heterocycles. The molecular formula is C36H26Cl2F6N4O7S2. The molecule has 0 fully saturated rings. The number of anilines is 2. The zero-order chi connectivity index (χ0) is 41.9. The van der Waals surface area contributed by atoms with Crippen LogP contribution < -0.4 is 8.61 Å². The summed E-state index contributed by atoms with van der Waals surface area (Å²) in [6.45, 7) is -2.41. The Morgan fingerprint density at radius 1 is 0.667 bits per heavy atom. The Morgan fingerprint density at radius 2 is 1.12 bits per heavy atom. The molecule has 0 saturated carbocycles. The number of nitrogens with zero attached hydrogens (tertiary/aromatic N) is 4. The highest BCUT2D eigenvalue weighted by Crippen LogP contribution is 2.40. The van der Waals surface area contributed by atoms with E-state index in [1.807, 2.05) is 0 Å². The lowest BCUT2D eigenvalue weighted by Crippen LogP contribution is -2.59. The van der Waals surface area contributed by atoms with Crippen LogP contribution in [0.3, 0.4) is 0 Å². The number of hydrogen-bond donors (Lipinski definition) is 1. The number of rotatable bonds is 13. The van der Waals surface area contributed by atoms with Crippen molar-refractivity contribution in [1.29, 1.82) is 0 Å². The number of halogens is 8. The summed E-state index contributed by atoms with van der Waals surface area (Å²) in [6.07, 6.45) is -10.6. The van der Waals surface area contributed by atoms with Crippen LogP contribution in [0.15, 0.2) is 131 Å². The van der Waals surface area contributed by atoms with Gasteiger partial charge in [0.15, 0.2) is 0 Å². The Bertz CT molecular complexity index is 2480. The average molecular weight is 876 g/mol. The Balaban J connectivity index is 1.79. The zero-order valence-electron chi connectivity index (χ0n) is 28.6. The van der Waals surface area contributed by atoms with E-state index in [1.165, 1.54) is 60.9 Å². The van der Waals surface area contributed by atoms with E-state index in [9.17, 15) is 57.9 Å². The van der Waals surface area contributed by atoms with Crippen LogP contribution in [0.4, 0.5) is 37.7 Å². The number of aromatic nitrogens is 1. The first kappa shape index (κ1) is 42.8. The fraction of sp³-hybridized carbons (Fsp3) is 0.139. The second-order valence-corrected chi connectivity index (χ2v) is 16.3. The van der Waals surface area contributed by atoms with Crippen molar-refractivity contribution in [2.24, 2.45) is 0 Å². The molecule has 0 spiro atoms. The largest absolute Gasteiger partial charge is 0.478 e. The summed E-state index contributed by atoms with van der Waals surface area (Å²) >= 11 is 12.6. The van der Waals surface area contributed by atoms with Gasteiger partial charge in [-0.15, -0.1) is 0 Å². The Morgan fingerprint density at radius 3 is 1.60 bits per heavy atom. The number of carbonyl (C=O) groups excluding carboxylic acids is 1. The minimum absolute atomic E-state index is 0.0331. The van der Waals surface area contributed by atoms with E-state index < -0.39 is 106 Å². The summed E-state index contributed by atoms with van der Waals surface area (Å²) < 4.78 is 142. The maximum absolute atomic E-state index is 14.7. The number of pyridine rings is 1. The minimum atomic E-state index is -5.32. The van der Waals surface area contributed by atoms with Crippen molar-refractivity contribution in [3.63, 3.8) is 0 Å². The van der Waals surface area contributed by atoms with Crippen molar-refractivity contribution >= 4 is 66.5 Å². The predicted molar refractivity (Wildman–Crippen MR) is 196 cm³/mol. The van der Waals surface area contributed by atoms with Gasteiger partial charge < -0.3 is 10.0 Å². The first-order valence-electron chi connectivity index (χ1n) is 16.0. The fourth-order valence-corrected chi connectivity index (χ4v) is 9.01. The molecule has 1 unspecified atom stereocenters. The SMILES string of the molecule is O=C(O)C(N(Cc1ccncc1)C(=O)CN(c1cc(C(F)(F)F)ccc1Cl)S(=O)(=O)c1ccccc1)N(c1cc(C(F)(F)F)ccc1Cl)S(=O)(=O)c1ccccc1. The minimum Gasteiger partial charge on any atom is -0.478 e. The van der Waals surface area contributed by atoms with E-state index in [4.69, 9.17) is 23.2 Å². The molecule has 0 aliphatic carbocycles. The summed E-state index contributed by atoms with van der Waals surface area (Å²) in [5.74, 6) is -3.73. The molecule has 57 heavy (non-hydrogen) atoms. The zero-order valence-corrected chi connectivity index (χ0v) is 31.7. The van der Waals surface area contributed by atoms with Crippen molar-refractivity contribution in [3.8, 4) is 0 Å². The molecule has 0 radical (unpaired) electrons. The van der Waals surface area contributed by atoms with Gasteiger partial charge in [0.05, 0.1) is 42.3 Å². The highest BCUT2D eigenvalue weighted by atomic mass is 35.5. The van der Waals surface area contributed by atoms with Crippen molar-refractivity contribution in [3.05, 3.63) is 148 Å². The van der Waals surface area contributed by atoms with Gasteiger partial charge in [0.25, 0.3) is 20.0 Å². The molecule has 4 aromatic carbocycles. The van der Waals surface area contributed by atoms with Gasteiger partial charge in [-0.1, -0.05) is 59.6 Å². The van der Waals surface area contributed by atoms with E-state index >= 15 is 0 Å². The summed E-state index contributed by atoms with van der Waals surface area (Å²) in [5, 5.41) is 9.52. The summed E-state index contributed by atoms with van der Waals surface area (Å²) in [7, 11) is -10.4. The van der Waals surface area contributed by atoms with Crippen LogP contribution in [0.25, 0.3) is 0 Å². The third-order valence-corrected chi connectivity index (χ3v) is 12.3. The number of carbonyl (C=O) groups is 2. The van der Waals surface area contributed by atoms with Crippen molar-refractivity contribution < 1.29 is 57.9 Å². The lowest BCUT2D eigenvalue weighted by atomic mass is 10.1. The highest BCUT2D eigenvalue weighted by molar-refractivity contribution is 7.93. The third kappa shape index (κ3) is 9.44. The van der Waals surface area contributed by atoms with Crippen LogP contribution in [0.5, 0.6) is 0 Å². The lowest BCUT2D eigenvalue weighted by Gasteiger charge is -2.39. The number of carboxylic acids is 1. The molecule has 5 rings (SSSR count). The smallest absolute Gasteiger partial charge is 0.416 e. The molecule has 11 nitrogen and oxygen atoms in total. The number of benzene rings is 4. The number of sulfonamides is 2. The molecule has 1 atom stereocenters. The van der Waals surface area contributed by atoms with Crippen LogP contribution in [0, 0.1) is 0 Å². The van der Waals surface area contributed by atoms with Crippen molar-refractivity contribution in [2.45, 2.75) is 34.9 Å². The highest BCUT2D eigenvalue weighted by Gasteiger charge is 2.45. The molecule has 1 aromatic heterocycles. The number of carboxylic acid groups (broad SMARTS) is 1. The predicted octanol–water partition coefficient (Wildman–Crippen LogP) is 7.96. The summed E-state index contributed by atoms with van der Waals surface area (Å²) in [5.41, 5.74) is -4.74. The first-order chi connectivity index (χ1) is 26.6. The molecule has 1 N–H and O–H groups in total. The number of alkyl halides is 6. The van der Waals surface area contributed by atoms with Gasteiger partial charge >= 0.3 is 18.3 Å².